The molecule has 0 unspecified atom stereocenters. The third-order valence-electron chi connectivity index (χ3n) is 2.88. The van der Waals surface area contributed by atoms with Crippen molar-refractivity contribution in [2.45, 2.75) is 32.9 Å². The average Bonchev–Trinajstić information content (AvgIpc) is 2.45. The highest BCUT2D eigenvalue weighted by molar-refractivity contribution is 5.55. The molecule has 0 spiro atoms. The van der Waals surface area contributed by atoms with Gasteiger partial charge in [0.05, 0.1) is 7.11 Å². The van der Waals surface area contributed by atoms with Crippen molar-refractivity contribution in [2.24, 2.45) is 0 Å². The van der Waals surface area contributed by atoms with E-state index in [4.69, 9.17) is 4.74 Å². The van der Waals surface area contributed by atoms with Crippen molar-refractivity contribution < 1.29 is 4.74 Å². The molecule has 0 atom stereocenters. The molecule has 0 fully saturated rings. The second-order valence-corrected chi connectivity index (χ2v) is 5.75. The van der Waals surface area contributed by atoms with E-state index in [9.17, 15) is 0 Å². The van der Waals surface area contributed by atoms with E-state index in [1.165, 1.54) is 0 Å². The molecule has 0 aliphatic heterocycles. The zero-order valence-electron chi connectivity index (χ0n) is 12.5. The van der Waals surface area contributed by atoms with Crippen LogP contribution in [0.2, 0.25) is 0 Å². The number of nitrogens with one attached hydrogen (secondary N) is 1. The van der Waals surface area contributed by atoms with Gasteiger partial charge in [-0.1, -0.05) is 0 Å². The lowest BCUT2D eigenvalue weighted by molar-refractivity contribution is 0.415. The second-order valence-electron chi connectivity index (χ2n) is 5.75. The van der Waals surface area contributed by atoms with Crippen LogP contribution in [0.4, 0.5) is 0 Å². The normalized spacial score (nSPS) is 11.4. The van der Waals surface area contributed by atoms with Crippen LogP contribution >= 0.6 is 0 Å². The molecule has 4 nitrogen and oxygen atoms in total. The van der Waals surface area contributed by atoms with Crippen LogP contribution in [0.5, 0.6) is 5.75 Å². The summed E-state index contributed by atoms with van der Waals surface area (Å²) in [6.07, 6.45) is 3.73. The molecule has 0 saturated carbocycles. The molecule has 0 amide bonds. The predicted molar refractivity (Wildman–Crippen MR) is 80.6 cm³/mol. The van der Waals surface area contributed by atoms with Gasteiger partial charge in [-0.15, -0.1) is 0 Å². The molecule has 4 heteroatoms. The van der Waals surface area contributed by atoms with Crippen molar-refractivity contribution in [1.82, 2.24) is 15.3 Å². The van der Waals surface area contributed by atoms with Crippen LogP contribution in [0, 0.1) is 0 Å². The Morgan fingerprint density at radius 1 is 1.05 bits per heavy atom. The Labute approximate surface area is 120 Å². The molecule has 20 heavy (non-hydrogen) atoms. The van der Waals surface area contributed by atoms with Gasteiger partial charge in [0.2, 0.25) is 0 Å². The number of benzene rings is 1. The number of hydrogen-bond acceptors (Lipinski definition) is 4. The van der Waals surface area contributed by atoms with Gasteiger partial charge in [0.25, 0.3) is 0 Å². The summed E-state index contributed by atoms with van der Waals surface area (Å²) in [5, 5.41) is 3.42. The SMILES string of the molecule is COc1ccc(-c2ncc(CNC(C)(C)C)cn2)cc1. The van der Waals surface area contributed by atoms with Crippen molar-refractivity contribution in [3.63, 3.8) is 0 Å². The Bertz CT molecular complexity index is 541. The number of ether oxygens (including phenoxy) is 1. The number of rotatable bonds is 4. The fourth-order valence-electron chi connectivity index (χ4n) is 1.70. The highest BCUT2D eigenvalue weighted by Gasteiger charge is 2.09. The molecule has 0 bridgehead atoms. The lowest BCUT2D eigenvalue weighted by Gasteiger charge is -2.20. The number of aromatic nitrogens is 2. The van der Waals surface area contributed by atoms with Crippen LogP contribution in [0.1, 0.15) is 26.3 Å². The fourth-order valence-corrected chi connectivity index (χ4v) is 1.70. The molecular formula is C16H21N3O. The molecule has 1 aromatic carbocycles. The third-order valence-corrected chi connectivity index (χ3v) is 2.88. The van der Waals surface area contributed by atoms with E-state index in [2.05, 4.69) is 36.1 Å². The summed E-state index contributed by atoms with van der Waals surface area (Å²) in [5.41, 5.74) is 2.16. The summed E-state index contributed by atoms with van der Waals surface area (Å²) >= 11 is 0. The molecule has 0 radical (unpaired) electrons. The van der Waals surface area contributed by atoms with E-state index in [0.29, 0.717) is 0 Å². The maximum absolute atomic E-state index is 5.14. The Morgan fingerprint density at radius 3 is 2.15 bits per heavy atom. The summed E-state index contributed by atoms with van der Waals surface area (Å²) in [6.45, 7) is 7.19. The van der Waals surface area contributed by atoms with E-state index in [1.54, 1.807) is 7.11 Å². The van der Waals surface area contributed by atoms with Crippen LogP contribution in [-0.4, -0.2) is 22.6 Å². The molecule has 106 valence electrons. The van der Waals surface area contributed by atoms with Gasteiger partial charge in [-0.2, -0.15) is 0 Å². The lowest BCUT2D eigenvalue weighted by atomic mass is 10.1. The van der Waals surface area contributed by atoms with Crippen LogP contribution in [0.25, 0.3) is 11.4 Å². The minimum atomic E-state index is 0.0919. The highest BCUT2D eigenvalue weighted by atomic mass is 16.5. The Kier molecular flexibility index (Phi) is 4.35. The Morgan fingerprint density at radius 2 is 1.65 bits per heavy atom. The third kappa shape index (κ3) is 4.03. The Balaban J connectivity index is 2.07. The number of hydrogen-bond donors (Lipinski definition) is 1. The van der Waals surface area contributed by atoms with Gasteiger partial charge >= 0.3 is 0 Å². The molecule has 2 aromatic rings. The van der Waals surface area contributed by atoms with E-state index in [0.717, 1.165) is 29.2 Å². The first-order valence-electron chi connectivity index (χ1n) is 6.68. The average molecular weight is 271 g/mol. The fraction of sp³-hybridized carbons (Fsp3) is 0.375. The standard InChI is InChI=1S/C16H21N3O/c1-16(2,3)19-11-12-9-17-15(18-10-12)13-5-7-14(20-4)8-6-13/h5-10,19H,11H2,1-4H3. The van der Waals surface area contributed by atoms with Crippen molar-refractivity contribution in [1.29, 1.82) is 0 Å². The number of methoxy groups -OCH3 is 1. The zero-order chi connectivity index (χ0) is 14.6. The zero-order valence-corrected chi connectivity index (χ0v) is 12.5. The second kappa shape index (κ2) is 6.01. The first-order valence-corrected chi connectivity index (χ1v) is 6.68. The molecule has 1 aromatic heterocycles. The first kappa shape index (κ1) is 14.5. The van der Waals surface area contributed by atoms with Gasteiger partial charge in [0.1, 0.15) is 5.75 Å². The predicted octanol–water partition coefficient (Wildman–Crippen LogP) is 3.04. The number of nitrogens with zero attached hydrogens (tertiary/aromatic N) is 2. The van der Waals surface area contributed by atoms with Crippen LogP contribution in [0.15, 0.2) is 36.7 Å². The van der Waals surface area contributed by atoms with Gasteiger partial charge in [0, 0.05) is 35.6 Å². The minimum Gasteiger partial charge on any atom is -0.497 e. The maximum atomic E-state index is 5.14. The molecule has 1 N–H and O–H groups in total. The molecule has 0 aliphatic rings. The van der Waals surface area contributed by atoms with Crippen molar-refractivity contribution in [2.75, 3.05) is 7.11 Å². The molecule has 1 heterocycles. The van der Waals surface area contributed by atoms with Crippen molar-refractivity contribution in [3.05, 3.63) is 42.2 Å². The van der Waals surface area contributed by atoms with Gasteiger partial charge in [0.15, 0.2) is 5.82 Å². The van der Waals surface area contributed by atoms with E-state index < -0.39 is 0 Å². The van der Waals surface area contributed by atoms with Gasteiger partial charge in [-0.3, -0.25) is 0 Å². The maximum Gasteiger partial charge on any atom is 0.159 e. The van der Waals surface area contributed by atoms with Crippen LogP contribution < -0.4 is 10.1 Å². The van der Waals surface area contributed by atoms with Crippen LogP contribution in [-0.2, 0) is 6.54 Å². The summed E-state index contributed by atoms with van der Waals surface area (Å²) in [4.78, 5) is 8.83. The summed E-state index contributed by atoms with van der Waals surface area (Å²) in [5.74, 6) is 1.56. The van der Waals surface area contributed by atoms with Gasteiger partial charge < -0.3 is 10.1 Å². The minimum absolute atomic E-state index is 0.0919. The molecular weight excluding hydrogens is 250 g/mol. The highest BCUT2D eigenvalue weighted by Crippen LogP contribution is 2.18. The summed E-state index contributed by atoms with van der Waals surface area (Å²) < 4.78 is 5.14. The first-order chi connectivity index (χ1) is 9.48. The van der Waals surface area contributed by atoms with Gasteiger partial charge in [-0.25, -0.2) is 9.97 Å². The Hall–Kier alpha value is -1.94. The largest absolute Gasteiger partial charge is 0.497 e. The van der Waals surface area contributed by atoms with Crippen LogP contribution in [0.3, 0.4) is 0 Å². The summed E-state index contributed by atoms with van der Waals surface area (Å²) in [7, 11) is 1.66. The molecule has 0 saturated heterocycles. The van der Waals surface area contributed by atoms with Crippen molar-refractivity contribution >= 4 is 0 Å². The molecule has 2 rings (SSSR count). The lowest BCUT2D eigenvalue weighted by Crippen LogP contribution is -2.35. The quantitative estimate of drug-likeness (QED) is 0.928. The van der Waals surface area contributed by atoms with E-state index in [-0.39, 0.29) is 5.54 Å². The van der Waals surface area contributed by atoms with E-state index in [1.807, 2.05) is 36.7 Å². The van der Waals surface area contributed by atoms with Crippen molar-refractivity contribution in [3.8, 4) is 17.1 Å². The van der Waals surface area contributed by atoms with Gasteiger partial charge in [-0.05, 0) is 45.0 Å². The topological polar surface area (TPSA) is 47.0 Å². The monoisotopic (exact) mass is 271 g/mol. The summed E-state index contributed by atoms with van der Waals surface area (Å²) in [6, 6.07) is 7.74. The smallest absolute Gasteiger partial charge is 0.159 e. The van der Waals surface area contributed by atoms with E-state index >= 15 is 0 Å². The molecule has 0 aliphatic carbocycles.